The predicted octanol–water partition coefficient (Wildman–Crippen LogP) is 2.91. The number of aromatic nitrogens is 2. The molecule has 2 aromatic heterocycles. The highest BCUT2D eigenvalue weighted by atomic mass is 16.3. The Morgan fingerprint density at radius 3 is 2.68 bits per heavy atom. The van der Waals surface area contributed by atoms with Crippen molar-refractivity contribution in [2.45, 2.75) is 0 Å². The van der Waals surface area contributed by atoms with Gasteiger partial charge in [-0.3, -0.25) is 9.98 Å². The third-order valence-electron chi connectivity index (χ3n) is 2.65. The molecule has 0 unspecified atom stereocenters. The van der Waals surface area contributed by atoms with E-state index in [0.717, 1.165) is 22.7 Å². The minimum Gasteiger partial charge on any atom is -0.404 e. The number of nitrogens with one attached hydrogen (secondary N) is 1. The molecule has 0 saturated heterocycles. The van der Waals surface area contributed by atoms with Gasteiger partial charge >= 0.3 is 6.39 Å². The van der Waals surface area contributed by atoms with Gasteiger partial charge in [0.25, 0.3) is 0 Å². The van der Waals surface area contributed by atoms with E-state index in [9.17, 15) is 0 Å². The summed E-state index contributed by atoms with van der Waals surface area (Å²) in [5.74, 6) is 0.806. The number of nitrogens with zero attached hydrogens (tertiary/aromatic N) is 2. The van der Waals surface area contributed by atoms with Crippen LogP contribution >= 0.6 is 0 Å². The van der Waals surface area contributed by atoms with Gasteiger partial charge in [-0.1, -0.05) is 6.07 Å². The minimum absolute atomic E-state index is 0.806. The fraction of sp³-hybridized carbons (Fsp3) is 0. The van der Waals surface area contributed by atoms with Gasteiger partial charge in [0.1, 0.15) is 0 Å². The van der Waals surface area contributed by atoms with E-state index in [4.69, 9.17) is 4.42 Å². The Morgan fingerprint density at radius 2 is 2.00 bits per heavy atom. The quantitative estimate of drug-likeness (QED) is 0.671. The van der Waals surface area contributed by atoms with Gasteiger partial charge in [0, 0.05) is 11.8 Å². The van der Waals surface area contributed by atoms with E-state index in [1.807, 2.05) is 48.7 Å². The fourth-order valence-corrected chi connectivity index (χ4v) is 1.70. The first-order valence-corrected chi connectivity index (χ1v) is 5.92. The first-order chi connectivity index (χ1) is 9.42. The third-order valence-corrected chi connectivity index (χ3v) is 2.65. The number of rotatable bonds is 3. The fourth-order valence-electron chi connectivity index (χ4n) is 1.70. The van der Waals surface area contributed by atoms with Crippen LogP contribution < -0.4 is 4.98 Å². The van der Waals surface area contributed by atoms with Gasteiger partial charge in [-0.05, 0) is 36.4 Å². The molecule has 0 amide bonds. The Bertz CT molecular complexity index is 658. The lowest BCUT2D eigenvalue weighted by Crippen LogP contribution is -1.88. The van der Waals surface area contributed by atoms with Gasteiger partial charge in [-0.2, -0.15) is 4.98 Å². The number of pyridine rings is 1. The van der Waals surface area contributed by atoms with Gasteiger partial charge < -0.3 is 4.42 Å². The molecule has 0 saturated carbocycles. The van der Waals surface area contributed by atoms with Crippen molar-refractivity contribution in [1.29, 1.82) is 0 Å². The van der Waals surface area contributed by atoms with Crippen LogP contribution in [0.5, 0.6) is 0 Å². The number of aromatic amines is 1. The molecule has 0 atom stereocenters. The van der Waals surface area contributed by atoms with Crippen molar-refractivity contribution >= 4 is 11.9 Å². The summed E-state index contributed by atoms with van der Waals surface area (Å²) in [6, 6.07) is 13.6. The number of oxazole rings is 1. The molecule has 0 aliphatic rings. The van der Waals surface area contributed by atoms with Crippen molar-refractivity contribution in [3.05, 3.63) is 66.9 Å². The summed E-state index contributed by atoms with van der Waals surface area (Å²) in [7, 11) is 0. The number of hydrogen-bond donors (Lipinski definition) is 0. The van der Waals surface area contributed by atoms with Crippen molar-refractivity contribution in [3.8, 4) is 11.3 Å². The molecule has 0 aliphatic heterocycles. The Hall–Kier alpha value is -2.75. The van der Waals surface area contributed by atoms with E-state index < -0.39 is 0 Å². The lowest BCUT2D eigenvalue weighted by Gasteiger charge is -1.96. The molecule has 19 heavy (non-hydrogen) atoms. The zero-order chi connectivity index (χ0) is 12.9. The van der Waals surface area contributed by atoms with Gasteiger partial charge in [0.2, 0.25) is 12.0 Å². The van der Waals surface area contributed by atoms with E-state index in [-0.39, 0.29) is 0 Å². The first-order valence-electron chi connectivity index (χ1n) is 5.92. The second-order valence-corrected chi connectivity index (χ2v) is 3.97. The molecule has 4 heteroatoms. The third kappa shape index (κ3) is 2.74. The summed E-state index contributed by atoms with van der Waals surface area (Å²) in [6.07, 6.45) is 6.85. The maximum Gasteiger partial charge on any atom is 0.333 e. The van der Waals surface area contributed by atoms with Crippen LogP contribution in [0.4, 0.5) is 5.69 Å². The van der Waals surface area contributed by atoms with Crippen LogP contribution in [0, 0.1) is 0 Å². The van der Waals surface area contributed by atoms with Crippen molar-refractivity contribution in [1.82, 2.24) is 4.98 Å². The van der Waals surface area contributed by atoms with Crippen molar-refractivity contribution in [3.63, 3.8) is 0 Å². The highest BCUT2D eigenvalue weighted by molar-refractivity contribution is 5.79. The molecular weight excluding hydrogens is 238 g/mol. The SMILES string of the molecule is C(=Nc1ccc(-c2c[nH+]co2)cc1)c1ccccn1. The van der Waals surface area contributed by atoms with Crippen LogP contribution in [0.15, 0.2) is 70.7 Å². The second kappa shape index (κ2) is 5.27. The number of benzene rings is 1. The van der Waals surface area contributed by atoms with E-state index in [0.29, 0.717) is 0 Å². The summed E-state index contributed by atoms with van der Waals surface area (Å²) < 4.78 is 5.28. The Morgan fingerprint density at radius 1 is 1.11 bits per heavy atom. The van der Waals surface area contributed by atoms with Crippen LogP contribution in [0.1, 0.15) is 5.69 Å². The summed E-state index contributed by atoms with van der Waals surface area (Å²) in [5.41, 5.74) is 2.73. The topological polar surface area (TPSA) is 52.5 Å². The monoisotopic (exact) mass is 250 g/mol. The van der Waals surface area contributed by atoms with Gasteiger partial charge in [-0.25, -0.2) is 0 Å². The molecular formula is C15H12N3O+. The maximum atomic E-state index is 5.28. The zero-order valence-electron chi connectivity index (χ0n) is 10.2. The molecule has 0 bridgehead atoms. The highest BCUT2D eigenvalue weighted by Crippen LogP contribution is 2.21. The number of hydrogen-bond acceptors (Lipinski definition) is 3. The van der Waals surface area contributed by atoms with Gasteiger partial charge in [0.05, 0.1) is 17.6 Å². The van der Waals surface area contributed by atoms with Crippen LogP contribution in [-0.4, -0.2) is 11.2 Å². The molecule has 2 heterocycles. The normalized spacial score (nSPS) is 10.9. The van der Waals surface area contributed by atoms with Crippen LogP contribution in [0.25, 0.3) is 11.3 Å². The Labute approximate surface area is 110 Å². The lowest BCUT2D eigenvalue weighted by atomic mass is 10.2. The molecule has 0 spiro atoms. The maximum absolute atomic E-state index is 5.28. The number of H-pyrrole nitrogens is 1. The second-order valence-electron chi connectivity index (χ2n) is 3.97. The van der Waals surface area contributed by atoms with Crippen LogP contribution in [0.2, 0.25) is 0 Å². The largest absolute Gasteiger partial charge is 0.404 e. The molecule has 3 rings (SSSR count). The van der Waals surface area contributed by atoms with E-state index in [1.165, 1.54) is 0 Å². The summed E-state index contributed by atoms with van der Waals surface area (Å²) in [4.78, 5) is 11.4. The Kier molecular flexibility index (Phi) is 3.14. The summed E-state index contributed by atoms with van der Waals surface area (Å²) >= 11 is 0. The standard InChI is InChI=1S/C15H11N3O/c1-2-8-17-14(3-1)9-18-13-6-4-12(5-7-13)15-10-16-11-19-15/h1-11H/p+1. The molecule has 0 aliphatic carbocycles. The molecule has 0 fully saturated rings. The molecule has 0 radical (unpaired) electrons. The zero-order valence-corrected chi connectivity index (χ0v) is 10.2. The van der Waals surface area contributed by atoms with E-state index in [2.05, 4.69) is 15.0 Å². The average molecular weight is 250 g/mol. The lowest BCUT2D eigenvalue weighted by molar-refractivity contribution is -0.383. The molecule has 3 aromatic rings. The van der Waals surface area contributed by atoms with Gasteiger partial charge in [-0.15, -0.1) is 0 Å². The van der Waals surface area contributed by atoms with E-state index in [1.54, 1.807) is 18.8 Å². The molecule has 4 nitrogen and oxygen atoms in total. The van der Waals surface area contributed by atoms with Crippen LogP contribution in [-0.2, 0) is 0 Å². The van der Waals surface area contributed by atoms with Crippen molar-refractivity contribution in [2.24, 2.45) is 4.99 Å². The highest BCUT2D eigenvalue weighted by Gasteiger charge is 2.03. The molecule has 1 aromatic carbocycles. The van der Waals surface area contributed by atoms with Crippen LogP contribution in [0.3, 0.4) is 0 Å². The average Bonchev–Trinajstić information content (AvgIpc) is 3.01. The smallest absolute Gasteiger partial charge is 0.333 e. The van der Waals surface area contributed by atoms with Crippen molar-refractivity contribution < 1.29 is 9.40 Å². The van der Waals surface area contributed by atoms with E-state index >= 15 is 0 Å². The molecule has 1 N–H and O–H groups in total. The Balaban J connectivity index is 1.78. The summed E-state index contributed by atoms with van der Waals surface area (Å²) in [5, 5.41) is 0. The summed E-state index contributed by atoms with van der Waals surface area (Å²) in [6.45, 7) is 0. The molecule has 92 valence electrons. The first kappa shape index (κ1) is 11.3. The van der Waals surface area contributed by atoms with Crippen molar-refractivity contribution in [2.75, 3.05) is 0 Å². The predicted molar refractivity (Wildman–Crippen MR) is 72.2 cm³/mol. The van der Waals surface area contributed by atoms with Gasteiger partial charge in [0.15, 0.2) is 0 Å². The minimum atomic E-state index is 0.806. The number of aliphatic imine (C=N–C) groups is 1.